The van der Waals surface area contributed by atoms with Gasteiger partial charge >= 0.3 is 6.18 Å². The van der Waals surface area contributed by atoms with Crippen molar-refractivity contribution in [2.75, 3.05) is 39.3 Å². The van der Waals surface area contributed by atoms with Crippen LogP contribution in [0.15, 0.2) is 0 Å². The van der Waals surface area contributed by atoms with E-state index in [9.17, 15) is 18.0 Å². The smallest absolute Gasteiger partial charge is 0.356 e. The van der Waals surface area contributed by atoms with Crippen molar-refractivity contribution < 1.29 is 18.0 Å². The number of nitrogens with zero attached hydrogens (tertiary/aromatic N) is 1. The summed E-state index contributed by atoms with van der Waals surface area (Å²) < 4.78 is 36.9. The predicted octanol–water partition coefficient (Wildman–Crippen LogP) is 1.38. The predicted molar refractivity (Wildman–Crippen MR) is 73.8 cm³/mol. The first-order valence-corrected chi connectivity index (χ1v) is 7.69. The summed E-state index contributed by atoms with van der Waals surface area (Å²) in [6.07, 6.45) is -0.713. The third kappa shape index (κ3) is 6.22. The van der Waals surface area contributed by atoms with Gasteiger partial charge in [-0.1, -0.05) is 0 Å². The summed E-state index contributed by atoms with van der Waals surface area (Å²) in [5.41, 5.74) is 0. The number of carbonyl (C=O) groups excluding carboxylic acids is 1. The highest BCUT2D eigenvalue weighted by Crippen LogP contribution is 2.22. The van der Waals surface area contributed by atoms with Gasteiger partial charge in [0.1, 0.15) is 0 Å². The molecule has 2 fully saturated rings. The second kappa shape index (κ2) is 7.45. The van der Waals surface area contributed by atoms with Crippen molar-refractivity contribution in [2.45, 2.75) is 31.9 Å². The van der Waals surface area contributed by atoms with Crippen LogP contribution in [0.2, 0.25) is 0 Å². The summed E-state index contributed by atoms with van der Waals surface area (Å²) in [6.45, 7) is 2.45. The van der Waals surface area contributed by atoms with Crippen molar-refractivity contribution in [2.24, 2.45) is 11.8 Å². The number of halogens is 3. The zero-order valence-corrected chi connectivity index (χ0v) is 12.2. The SMILES string of the molecule is O=C(CC1CCCNC1)NCC1CCN(CC(F)(F)F)C1. The Hall–Kier alpha value is -0.820. The highest BCUT2D eigenvalue weighted by atomic mass is 19.4. The molecule has 2 aliphatic heterocycles. The Morgan fingerprint density at radius 3 is 2.76 bits per heavy atom. The highest BCUT2D eigenvalue weighted by molar-refractivity contribution is 5.76. The van der Waals surface area contributed by atoms with Gasteiger partial charge in [-0.2, -0.15) is 13.2 Å². The lowest BCUT2D eigenvalue weighted by molar-refractivity contribution is -0.143. The molecule has 2 rings (SSSR count). The molecule has 2 N–H and O–H groups in total. The van der Waals surface area contributed by atoms with E-state index in [2.05, 4.69) is 10.6 Å². The van der Waals surface area contributed by atoms with Gasteiger partial charge in [-0.25, -0.2) is 0 Å². The molecule has 2 unspecified atom stereocenters. The van der Waals surface area contributed by atoms with E-state index < -0.39 is 12.7 Å². The lowest BCUT2D eigenvalue weighted by Gasteiger charge is -2.22. The Balaban J connectivity index is 1.61. The van der Waals surface area contributed by atoms with E-state index >= 15 is 0 Å². The Morgan fingerprint density at radius 1 is 1.29 bits per heavy atom. The van der Waals surface area contributed by atoms with E-state index in [-0.39, 0.29) is 11.8 Å². The van der Waals surface area contributed by atoms with Gasteiger partial charge in [0.2, 0.25) is 5.91 Å². The molecule has 2 saturated heterocycles. The van der Waals surface area contributed by atoms with Gasteiger partial charge in [-0.05, 0) is 50.7 Å². The Labute approximate surface area is 123 Å². The summed E-state index contributed by atoms with van der Waals surface area (Å²) in [6, 6.07) is 0. The number of piperidine rings is 1. The third-order valence-electron chi connectivity index (χ3n) is 4.23. The number of nitrogens with one attached hydrogen (secondary N) is 2. The number of likely N-dealkylation sites (tertiary alicyclic amines) is 1. The molecule has 0 aliphatic carbocycles. The molecule has 1 amide bonds. The van der Waals surface area contributed by atoms with E-state index in [1.807, 2.05) is 0 Å². The summed E-state index contributed by atoms with van der Waals surface area (Å²) in [7, 11) is 0. The monoisotopic (exact) mass is 307 g/mol. The molecule has 2 aliphatic rings. The minimum Gasteiger partial charge on any atom is -0.356 e. The summed E-state index contributed by atoms with van der Waals surface area (Å²) >= 11 is 0. The van der Waals surface area contributed by atoms with Gasteiger partial charge in [0.25, 0.3) is 0 Å². The van der Waals surface area contributed by atoms with Crippen molar-refractivity contribution in [1.82, 2.24) is 15.5 Å². The standard InChI is InChI=1S/C14H24F3N3O/c15-14(16,17)10-20-5-3-12(9-20)8-19-13(21)6-11-2-1-4-18-7-11/h11-12,18H,1-10H2,(H,19,21). The van der Waals surface area contributed by atoms with Crippen molar-refractivity contribution in [3.05, 3.63) is 0 Å². The molecule has 21 heavy (non-hydrogen) atoms. The van der Waals surface area contributed by atoms with Crippen molar-refractivity contribution >= 4 is 5.91 Å². The molecule has 7 heteroatoms. The molecule has 0 radical (unpaired) electrons. The van der Waals surface area contributed by atoms with Crippen LogP contribution in [0.4, 0.5) is 13.2 Å². The molecular weight excluding hydrogens is 283 g/mol. The average molecular weight is 307 g/mol. The number of alkyl halides is 3. The molecule has 0 saturated carbocycles. The van der Waals surface area contributed by atoms with Crippen molar-refractivity contribution in [1.29, 1.82) is 0 Å². The first kappa shape index (κ1) is 16.5. The van der Waals surface area contributed by atoms with Crippen LogP contribution < -0.4 is 10.6 Å². The lowest BCUT2D eigenvalue weighted by Crippen LogP contribution is -2.37. The molecule has 0 aromatic carbocycles. The van der Waals surface area contributed by atoms with Gasteiger partial charge in [-0.3, -0.25) is 9.69 Å². The molecule has 0 bridgehead atoms. The van der Waals surface area contributed by atoms with Crippen LogP contribution in [0.5, 0.6) is 0 Å². The zero-order chi connectivity index (χ0) is 15.3. The van der Waals surface area contributed by atoms with Crippen LogP contribution in [-0.2, 0) is 4.79 Å². The van der Waals surface area contributed by atoms with E-state index in [4.69, 9.17) is 0 Å². The largest absolute Gasteiger partial charge is 0.401 e. The second-order valence-electron chi connectivity index (χ2n) is 6.23. The minimum absolute atomic E-state index is 0.0259. The molecule has 2 atom stereocenters. The van der Waals surface area contributed by atoms with Crippen LogP contribution in [0.3, 0.4) is 0 Å². The van der Waals surface area contributed by atoms with Crippen LogP contribution in [-0.4, -0.2) is 56.3 Å². The van der Waals surface area contributed by atoms with Gasteiger partial charge in [0, 0.05) is 19.5 Å². The minimum atomic E-state index is -4.13. The van der Waals surface area contributed by atoms with Crippen LogP contribution in [0.1, 0.15) is 25.7 Å². The zero-order valence-electron chi connectivity index (χ0n) is 12.2. The number of rotatable bonds is 5. The maximum Gasteiger partial charge on any atom is 0.401 e. The van der Waals surface area contributed by atoms with E-state index in [0.717, 1.165) is 32.4 Å². The summed E-state index contributed by atoms with van der Waals surface area (Å²) in [5, 5.41) is 6.15. The maximum atomic E-state index is 12.3. The number of carbonyl (C=O) groups is 1. The average Bonchev–Trinajstić information content (AvgIpc) is 2.83. The molecule has 122 valence electrons. The normalized spacial score (nSPS) is 27.8. The van der Waals surface area contributed by atoms with Crippen LogP contribution in [0, 0.1) is 11.8 Å². The molecule has 0 aromatic heterocycles. The summed E-state index contributed by atoms with van der Waals surface area (Å²) in [4.78, 5) is 13.3. The Morgan fingerprint density at radius 2 is 2.10 bits per heavy atom. The van der Waals surface area contributed by atoms with Gasteiger partial charge in [0.15, 0.2) is 0 Å². The quantitative estimate of drug-likeness (QED) is 0.806. The third-order valence-corrected chi connectivity index (χ3v) is 4.23. The fourth-order valence-electron chi connectivity index (χ4n) is 3.17. The van der Waals surface area contributed by atoms with E-state index in [1.165, 1.54) is 4.90 Å². The Bertz CT molecular complexity index is 343. The highest BCUT2D eigenvalue weighted by Gasteiger charge is 2.34. The Kier molecular flexibility index (Phi) is 5.87. The number of hydrogen-bond donors (Lipinski definition) is 2. The maximum absolute atomic E-state index is 12.3. The van der Waals surface area contributed by atoms with Crippen LogP contribution in [0.25, 0.3) is 0 Å². The van der Waals surface area contributed by atoms with Crippen molar-refractivity contribution in [3.8, 4) is 0 Å². The fourth-order valence-corrected chi connectivity index (χ4v) is 3.17. The number of amides is 1. The second-order valence-corrected chi connectivity index (χ2v) is 6.23. The molecule has 4 nitrogen and oxygen atoms in total. The summed E-state index contributed by atoms with van der Waals surface area (Å²) in [5.74, 6) is 0.558. The van der Waals surface area contributed by atoms with Gasteiger partial charge in [-0.15, -0.1) is 0 Å². The van der Waals surface area contributed by atoms with Crippen molar-refractivity contribution in [3.63, 3.8) is 0 Å². The molecular formula is C14H24F3N3O. The van der Waals surface area contributed by atoms with E-state index in [0.29, 0.717) is 32.0 Å². The fraction of sp³-hybridized carbons (Fsp3) is 0.929. The molecule has 0 aromatic rings. The molecule has 2 heterocycles. The first-order valence-electron chi connectivity index (χ1n) is 7.69. The van der Waals surface area contributed by atoms with Crippen LogP contribution >= 0.6 is 0 Å². The van der Waals surface area contributed by atoms with Gasteiger partial charge in [0.05, 0.1) is 6.54 Å². The number of hydrogen-bond acceptors (Lipinski definition) is 3. The topological polar surface area (TPSA) is 44.4 Å². The molecule has 0 spiro atoms. The van der Waals surface area contributed by atoms with Gasteiger partial charge < -0.3 is 10.6 Å². The van der Waals surface area contributed by atoms with E-state index in [1.54, 1.807) is 0 Å². The lowest BCUT2D eigenvalue weighted by atomic mass is 9.96. The first-order chi connectivity index (χ1) is 9.92.